The summed E-state index contributed by atoms with van der Waals surface area (Å²) in [6.07, 6.45) is 1.18. The van der Waals surface area contributed by atoms with Crippen LogP contribution < -0.4 is 15.5 Å². The molecule has 0 fully saturated rings. The first-order valence-corrected chi connectivity index (χ1v) is 9.09. The minimum absolute atomic E-state index is 0.139. The molecule has 0 radical (unpaired) electrons. The average molecular weight is 339 g/mol. The third kappa shape index (κ3) is 4.75. The van der Waals surface area contributed by atoms with Gasteiger partial charge in [0.1, 0.15) is 0 Å². The molecule has 0 saturated carbocycles. The summed E-state index contributed by atoms with van der Waals surface area (Å²) in [7, 11) is 0. The summed E-state index contributed by atoms with van der Waals surface area (Å²) in [5.74, 6) is 0.139. The molecular formula is C21H29N3O. The smallest absolute Gasteiger partial charge is 0.227 e. The van der Waals surface area contributed by atoms with Crippen molar-refractivity contribution < 1.29 is 4.79 Å². The Labute approximate surface area is 151 Å². The SMILES string of the molecule is CCN(CC)c1ccc(CCC(=O)N(CC)c2ccccc2)cc1N. The summed E-state index contributed by atoms with van der Waals surface area (Å²) in [5.41, 5.74) is 10.1. The number of nitrogens with zero attached hydrogens (tertiary/aromatic N) is 2. The number of benzene rings is 2. The molecule has 2 rings (SSSR count). The van der Waals surface area contributed by atoms with Crippen molar-refractivity contribution in [2.75, 3.05) is 35.2 Å². The average Bonchev–Trinajstić information content (AvgIpc) is 2.64. The number of para-hydroxylation sites is 1. The third-order valence-electron chi connectivity index (χ3n) is 4.51. The summed E-state index contributed by atoms with van der Waals surface area (Å²) in [4.78, 5) is 16.6. The Hall–Kier alpha value is -2.49. The molecule has 2 aromatic rings. The summed E-state index contributed by atoms with van der Waals surface area (Å²) in [5, 5.41) is 0. The zero-order valence-electron chi connectivity index (χ0n) is 15.5. The fourth-order valence-corrected chi connectivity index (χ4v) is 3.11. The molecular weight excluding hydrogens is 310 g/mol. The van der Waals surface area contributed by atoms with Crippen molar-refractivity contribution in [3.05, 3.63) is 54.1 Å². The number of amides is 1. The molecule has 0 heterocycles. The van der Waals surface area contributed by atoms with E-state index in [0.29, 0.717) is 19.4 Å². The second-order valence-electron chi connectivity index (χ2n) is 6.04. The van der Waals surface area contributed by atoms with Gasteiger partial charge in [0.2, 0.25) is 5.91 Å². The van der Waals surface area contributed by atoms with Crippen LogP contribution in [-0.2, 0) is 11.2 Å². The van der Waals surface area contributed by atoms with Gasteiger partial charge in [-0.3, -0.25) is 4.79 Å². The van der Waals surface area contributed by atoms with Crippen LogP contribution in [0, 0.1) is 0 Å². The highest BCUT2D eigenvalue weighted by molar-refractivity contribution is 5.93. The Morgan fingerprint density at radius 2 is 1.64 bits per heavy atom. The van der Waals surface area contributed by atoms with E-state index in [4.69, 9.17) is 5.73 Å². The van der Waals surface area contributed by atoms with Crippen LogP contribution in [0.1, 0.15) is 32.8 Å². The Kier molecular flexibility index (Phi) is 6.87. The van der Waals surface area contributed by atoms with Gasteiger partial charge >= 0.3 is 0 Å². The third-order valence-corrected chi connectivity index (χ3v) is 4.51. The standard InChI is InChI=1S/C21H29N3O/c1-4-23(5-2)20-14-12-17(16-19(20)22)13-15-21(25)24(6-3)18-10-8-7-9-11-18/h7-12,14,16H,4-6,13,15,22H2,1-3H3. The molecule has 0 aliphatic carbocycles. The van der Waals surface area contributed by atoms with Gasteiger partial charge < -0.3 is 15.5 Å². The minimum Gasteiger partial charge on any atom is -0.397 e. The molecule has 1 amide bonds. The molecule has 2 N–H and O–H groups in total. The molecule has 0 spiro atoms. The minimum atomic E-state index is 0.139. The molecule has 0 bridgehead atoms. The molecule has 0 aliphatic heterocycles. The van der Waals surface area contributed by atoms with E-state index in [1.165, 1.54) is 0 Å². The highest BCUT2D eigenvalue weighted by atomic mass is 16.2. The number of nitrogen functional groups attached to an aromatic ring is 1. The summed E-state index contributed by atoms with van der Waals surface area (Å²) < 4.78 is 0. The first-order valence-electron chi connectivity index (χ1n) is 9.09. The molecule has 0 saturated heterocycles. The van der Waals surface area contributed by atoms with Gasteiger partial charge in [0.25, 0.3) is 0 Å². The van der Waals surface area contributed by atoms with Crippen LogP contribution >= 0.6 is 0 Å². The Morgan fingerprint density at radius 1 is 0.960 bits per heavy atom. The van der Waals surface area contributed by atoms with Gasteiger partial charge in [-0.25, -0.2) is 0 Å². The van der Waals surface area contributed by atoms with E-state index in [1.807, 2.05) is 48.2 Å². The lowest BCUT2D eigenvalue weighted by atomic mass is 10.1. The topological polar surface area (TPSA) is 49.6 Å². The first-order chi connectivity index (χ1) is 12.1. The molecule has 0 aliphatic rings. The number of nitrogens with two attached hydrogens (primary N) is 1. The zero-order chi connectivity index (χ0) is 18.2. The van der Waals surface area contributed by atoms with Crippen LogP contribution in [0.2, 0.25) is 0 Å². The van der Waals surface area contributed by atoms with Crippen LogP contribution in [0.15, 0.2) is 48.5 Å². The van der Waals surface area contributed by atoms with E-state index >= 15 is 0 Å². The van der Waals surface area contributed by atoms with Gasteiger partial charge in [-0.15, -0.1) is 0 Å². The summed E-state index contributed by atoms with van der Waals surface area (Å²) >= 11 is 0. The van der Waals surface area contributed by atoms with Crippen molar-refractivity contribution in [1.82, 2.24) is 0 Å². The number of aryl methyl sites for hydroxylation is 1. The number of carbonyl (C=O) groups is 1. The Morgan fingerprint density at radius 3 is 2.20 bits per heavy atom. The van der Waals surface area contributed by atoms with Crippen molar-refractivity contribution in [3.8, 4) is 0 Å². The second kappa shape index (κ2) is 9.11. The normalized spacial score (nSPS) is 10.5. The lowest BCUT2D eigenvalue weighted by Gasteiger charge is -2.23. The Balaban J connectivity index is 2.03. The number of hydrogen-bond donors (Lipinski definition) is 1. The van der Waals surface area contributed by atoms with E-state index in [0.717, 1.165) is 35.7 Å². The Bertz CT molecular complexity index is 681. The number of carbonyl (C=O) groups excluding carboxylic acids is 1. The van der Waals surface area contributed by atoms with Gasteiger partial charge in [-0.1, -0.05) is 24.3 Å². The van der Waals surface area contributed by atoms with Crippen molar-refractivity contribution in [3.63, 3.8) is 0 Å². The van der Waals surface area contributed by atoms with Crippen molar-refractivity contribution in [1.29, 1.82) is 0 Å². The van der Waals surface area contributed by atoms with Gasteiger partial charge in [0, 0.05) is 31.7 Å². The quantitative estimate of drug-likeness (QED) is 0.737. The van der Waals surface area contributed by atoms with E-state index in [2.05, 4.69) is 30.9 Å². The molecule has 0 aromatic heterocycles. The molecule has 4 heteroatoms. The molecule has 25 heavy (non-hydrogen) atoms. The maximum atomic E-state index is 12.6. The van der Waals surface area contributed by atoms with Gasteiger partial charge in [0.05, 0.1) is 11.4 Å². The van der Waals surface area contributed by atoms with Gasteiger partial charge in [-0.05, 0) is 57.0 Å². The van der Waals surface area contributed by atoms with E-state index in [9.17, 15) is 4.79 Å². The lowest BCUT2D eigenvalue weighted by Crippen LogP contribution is -2.30. The highest BCUT2D eigenvalue weighted by Gasteiger charge is 2.14. The van der Waals surface area contributed by atoms with Crippen molar-refractivity contribution in [2.45, 2.75) is 33.6 Å². The predicted molar refractivity (Wildman–Crippen MR) is 107 cm³/mol. The number of rotatable bonds is 8. The van der Waals surface area contributed by atoms with Crippen LogP contribution in [0.25, 0.3) is 0 Å². The van der Waals surface area contributed by atoms with Crippen LogP contribution in [0.3, 0.4) is 0 Å². The number of anilines is 3. The predicted octanol–water partition coefficient (Wildman–Crippen LogP) is 4.10. The molecule has 134 valence electrons. The van der Waals surface area contributed by atoms with Crippen molar-refractivity contribution >= 4 is 23.0 Å². The van der Waals surface area contributed by atoms with E-state index in [-0.39, 0.29) is 5.91 Å². The molecule has 0 atom stereocenters. The molecule has 2 aromatic carbocycles. The van der Waals surface area contributed by atoms with Gasteiger partial charge in [-0.2, -0.15) is 0 Å². The molecule has 4 nitrogen and oxygen atoms in total. The zero-order valence-corrected chi connectivity index (χ0v) is 15.5. The molecule has 0 unspecified atom stereocenters. The second-order valence-corrected chi connectivity index (χ2v) is 6.04. The lowest BCUT2D eigenvalue weighted by molar-refractivity contribution is -0.118. The monoisotopic (exact) mass is 339 g/mol. The van der Waals surface area contributed by atoms with E-state index in [1.54, 1.807) is 0 Å². The number of hydrogen-bond acceptors (Lipinski definition) is 3. The van der Waals surface area contributed by atoms with Gasteiger partial charge in [0.15, 0.2) is 0 Å². The summed E-state index contributed by atoms with van der Waals surface area (Å²) in [6, 6.07) is 16.0. The van der Waals surface area contributed by atoms with Crippen LogP contribution in [0.5, 0.6) is 0 Å². The maximum Gasteiger partial charge on any atom is 0.227 e. The maximum absolute atomic E-state index is 12.6. The fourth-order valence-electron chi connectivity index (χ4n) is 3.11. The van der Waals surface area contributed by atoms with E-state index < -0.39 is 0 Å². The van der Waals surface area contributed by atoms with Crippen molar-refractivity contribution in [2.24, 2.45) is 0 Å². The van der Waals surface area contributed by atoms with Crippen LogP contribution in [-0.4, -0.2) is 25.5 Å². The highest BCUT2D eigenvalue weighted by Crippen LogP contribution is 2.25. The first kappa shape index (κ1) is 18.8. The van der Waals surface area contributed by atoms with Crippen LogP contribution in [0.4, 0.5) is 17.1 Å². The fraction of sp³-hybridized carbons (Fsp3) is 0.381. The summed E-state index contributed by atoms with van der Waals surface area (Å²) in [6.45, 7) is 8.78. The largest absolute Gasteiger partial charge is 0.397 e.